The van der Waals surface area contributed by atoms with Gasteiger partial charge in [0.15, 0.2) is 5.60 Å². The van der Waals surface area contributed by atoms with Gasteiger partial charge in [-0.25, -0.2) is 4.98 Å². The number of nitrogens with zero attached hydrogens (tertiary/aromatic N) is 1. The van der Waals surface area contributed by atoms with E-state index in [1.807, 2.05) is 44.2 Å². The van der Waals surface area contributed by atoms with Crippen LogP contribution in [0.2, 0.25) is 0 Å². The molecule has 0 spiro atoms. The quantitative estimate of drug-likeness (QED) is 0.202. The number of aliphatic hydroxyl groups excluding tert-OH is 1. The van der Waals surface area contributed by atoms with E-state index < -0.39 is 73.3 Å². The second-order valence-electron chi connectivity index (χ2n) is 10.7. The van der Waals surface area contributed by atoms with Gasteiger partial charge >= 0.3 is 13.1 Å². The summed E-state index contributed by atoms with van der Waals surface area (Å²) < 4.78 is 16.0. The molecule has 0 saturated carbocycles. The summed E-state index contributed by atoms with van der Waals surface area (Å²) in [5.74, 6) is -4.92. The van der Waals surface area contributed by atoms with E-state index in [1.54, 1.807) is 12.1 Å². The zero-order chi connectivity index (χ0) is 31.7. The van der Waals surface area contributed by atoms with Crippen LogP contribution in [0.4, 0.5) is 0 Å². The van der Waals surface area contributed by atoms with E-state index in [9.17, 15) is 29.1 Å². The summed E-state index contributed by atoms with van der Waals surface area (Å²) in [5, 5.41) is 18.1. The smallest absolute Gasteiger partial charge is 0.508 e. The van der Waals surface area contributed by atoms with Gasteiger partial charge in [0.2, 0.25) is 5.91 Å². The Labute approximate surface area is 250 Å². The van der Waals surface area contributed by atoms with Crippen LogP contribution in [0.3, 0.4) is 0 Å². The molecule has 4 N–H and O–H groups in total. The molecule has 14 heteroatoms. The Kier molecular flexibility index (Phi) is 11.4. The zero-order valence-electron chi connectivity index (χ0n) is 24.8. The molecule has 1 aromatic carbocycles. The summed E-state index contributed by atoms with van der Waals surface area (Å²) >= 11 is 0. The van der Waals surface area contributed by atoms with Gasteiger partial charge in [0, 0.05) is 12.6 Å². The van der Waals surface area contributed by atoms with Crippen LogP contribution in [-0.4, -0.2) is 84.7 Å². The van der Waals surface area contributed by atoms with Crippen molar-refractivity contribution in [2.45, 2.75) is 63.7 Å². The van der Waals surface area contributed by atoms with Crippen molar-refractivity contribution in [2.75, 3.05) is 14.2 Å². The minimum atomic E-state index is -1.94. The first-order chi connectivity index (χ1) is 20.4. The summed E-state index contributed by atoms with van der Waals surface area (Å²) in [7, 11) is 0.995. The molecule has 43 heavy (non-hydrogen) atoms. The minimum Gasteiger partial charge on any atom is -0.508 e. The van der Waals surface area contributed by atoms with E-state index in [0.29, 0.717) is 5.69 Å². The number of hydrogen-bond acceptors (Lipinski definition) is 10. The molecule has 0 radical (unpaired) electrons. The summed E-state index contributed by atoms with van der Waals surface area (Å²) in [6, 6.07) is 12.7. The highest BCUT2D eigenvalue weighted by molar-refractivity contribution is 6.50. The molecule has 1 fully saturated rings. The number of amides is 3. The Hall–Kier alpha value is -4.30. The third kappa shape index (κ3) is 8.61. The van der Waals surface area contributed by atoms with E-state index in [1.165, 1.54) is 20.0 Å². The largest absolute Gasteiger partial charge is 0.552 e. The molecule has 1 aliphatic rings. The van der Waals surface area contributed by atoms with E-state index >= 15 is 0 Å². The van der Waals surface area contributed by atoms with Crippen LogP contribution in [-0.2, 0) is 33.2 Å². The highest BCUT2D eigenvalue weighted by atomic mass is 16.6. The molecule has 0 bridgehead atoms. The number of aliphatic hydroxyl groups is 1. The number of esters is 1. The maximum absolute atomic E-state index is 13.5. The number of carbonyl (C=O) groups is 5. The highest BCUT2D eigenvalue weighted by Gasteiger charge is 2.54. The van der Waals surface area contributed by atoms with Crippen molar-refractivity contribution in [3.63, 3.8) is 0 Å². The van der Waals surface area contributed by atoms with Crippen LogP contribution >= 0.6 is 0 Å². The van der Waals surface area contributed by atoms with Crippen LogP contribution in [0, 0.1) is 5.92 Å². The number of carbonyl (C=O) groups excluding carboxylic acids is 5. The average Bonchev–Trinajstić information content (AvgIpc) is 2.98. The molecular weight excluding hydrogens is 559 g/mol. The molecule has 4 atom stereocenters. The number of likely N-dealkylation sites (N-methyl/N-ethyl adjacent to an activating group) is 1. The molecule has 1 saturated heterocycles. The number of rotatable bonds is 12. The molecule has 0 aliphatic carbocycles. The van der Waals surface area contributed by atoms with Crippen LogP contribution in [0.5, 0.6) is 0 Å². The van der Waals surface area contributed by atoms with Crippen molar-refractivity contribution in [1.82, 2.24) is 20.9 Å². The molecule has 1 aromatic heterocycles. The molecular formula is C29H37BN4O9. The third-order valence-corrected chi connectivity index (χ3v) is 6.80. The predicted molar refractivity (Wildman–Crippen MR) is 155 cm³/mol. The second-order valence-corrected chi connectivity index (χ2v) is 10.7. The molecule has 3 rings (SSSR count). The standard InChI is InChI=1S/C29H37BN4O9/c1-17(2)14-22(30-42-24(37)16-29(43-30,28(40)31-4)15-23(36)41-5)33-27(39)25(18(3)35)34-26(38)21-13-9-12-20(32-21)19-10-7-6-8-11-19/h6-13,17-18,22,25,35H,14-16H2,1-5H3,(H,31,40)(H,33,39)(H,34,38)/t18-,22+,25+,29-/m1/s1. The fourth-order valence-corrected chi connectivity index (χ4v) is 4.68. The van der Waals surface area contributed by atoms with Crippen molar-refractivity contribution in [3.05, 3.63) is 54.2 Å². The topological polar surface area (TPSA) is 182 Å². The summed E-state index contributed by atoms with van der Waals surface area (Å²) in [6.45, 7) is 5.03. The summed E-state index contributed by atoms with van der Waals surface area (Å²) in [5.41, 5.74) is -0.567. The molecule has 1 aliphatic heterocycles. The van der Waals surface area contributed by atoms with Gasteiger partial charge in [-0.15, -0.1) is 0 Å². The Morgan fingerprint density at radius 2 is 1.77 bits per heavy atom. The van der Waals surface area contributed by atoms with Gasteiger partial charge in [-0.3, -0.25) is 24.0 Å². The minimum absolute atomic E-state index is 0.0289. The Bertz CT molecular complexity index is 1320. The van der Waals surface area contributed by atoms with Gasteiger partial charge in [-0.1, -0.05) is 50.2 Å². The SMILES string of the molecule is CNC(=O)[C@@]1(CC(=O)OC)CC(=O)OB([C@H](CC(C)C)NC(=O)[C@@H](NC(=O)c2cccc(-c3ccccc3)n2)[C@@H](C)O)O1. The van der Waals surface area contributed by atoms with Crippen molar-refractivity contribution >= 4 is 36.8 Å². The summed E-state index contributed by atoms with van der Waals surface area (Å²) in [6.07, 6.45) is -2.24. The lowest BCUT2D eigenvalue weighted by molar-refractivity contribution is -0.165. The van der Waals surface area contributed by atoms with Gasteiger partial charge in [0.25, 0.3) is 17.8 Å². The summed E-state index contributed by atoms with van der Waals surface area (Å²) in [4.78, 5) is 68.7. The lowest BCUT2D eigenvalue weighted by atomic mass is 9.70. The fourth-order valence-electron chi connectivity index (χ4n) is 4.68. The van der Waals surface area contributed by atoms with E-state index in [4.69, 9.17) is 14.0 Å². The van der Waals surface area contributed by atoms with Crippen LogP contribution in [0.1, 0.15) is 50.5 Å². The number of hydrogen-bond donors (Lipinski definition) is 4. The molecule has 0 unspecified atom stereocenters. The van der Waals surface area contributed by atoms with Gasteiger partial charge in [0.05, 0.1) is 37.7 Å². The number of ether oxygens (including phenoxy) is 1. The monoisotopic (exact) mass is 596 g/mol. The Morgan fingerprint density at radius 1 is 1.07 bits per heavy atom. The fraction of sp³-hybridized carbons (Fsp3) is 0.448. The van der Waals surface area contributed by atoms with Gasteiger partial charge in [-0.2, -0.15) is 0 Å². The lowest BCUT2D eigenvalue weighted by Gasteiger charge is -2.39. The Morgan fingerprint density at radius 3 is 2.37 bits per heavy atom. The predicted octanol–water partition coefficient (Wildman–Crippen LogP) is 0.798. The maximum atomic E-state index is 13.5. The van der Waals surface area contributed by atoms with Gasteiger partial charge < -0.3 is 35.1 Å². The first kappa shape index (κ1) is 33.2. The number of methoxy groups -OCH3 is 1. The third-order valence-electron chi connectivity index (χ3n) is 6.80. The van der Waals surface area contributed by atoms with E-state index in [-0.39, 0.29) is 18.0 Å². The maximum Gasteiger partial charge on any atom is 0.552 e. The van der Waals surface area contributed by atoms with Crippen LogP contribution in [0.15, 0.2) is 48.5 Å². The van der Waals surface area contributed by atoms with Crippen LogP contribution < -0.4 is 16.0 Å². The van der Waals surface area contributed by atoms with E-state index in [2.05, 4.69) is 20.9 Å². The number of benzene rings is 1. The zero-order valence-corrected chi connectivity index (χ0v) is 24.8. The van der Waals surface area contributed by atoms with Crippen molar-refractivity contribution in [1.29, 1.82) is 0 Å². The highest BCUT2D eigenvalue weighted by Crippen LogP contribution is 2.30. The van der Waals surface area contributed by atoms with E-state index in [0.717, 1.165) is 12.7 Å². The van der Waals surface area contributed by atoms with Crippen molar-refractivity contribution < 1.29 is 43.1 Å². The lowest BCUT2D eigenvalue weighted by Crippen LogP contribution is -2.64. The number of pyridine rings is 1. The van der Waals surface area contributed by atoms with Crippen molar-refractivity contribution in [2.24, 2.45) is 5.92 Å². The van der Waals surface area contributed by atoms with Crippen molar-refractivity contribution in [3.8, 4) is 11.3 Å². The average molecular weight is 596 g/mol. The number of nitrogens with one attached hydrogen (secondary N) is 3. The molecule has 2 aromatic rings. The molecule has 230 valence electrons. The Balaban J connectivity index is 1.83. The first-order valence-electron chi connectivity index (χ1n) is 13.9. The number of aromatic nitrogens is 1. The van der Waals surface area contributed by atoms with Gasteiger partial charge in [0.1, 0.15) is 11.7 Å². The van der Waals surface area contributed by atoms with Gasteiger partial charge in [-0.05, 0) is 31.4 Å². The molecule has 2 heterocycles. The first-order valence-corrected chi connectivity index (χ1v) is 13.9. The van der Waals surface area contributed by atoms with Crippen LogP contribution in [0.25, 0.3) is 11.3 Å². The molecule has 3 amide bonds. The molecule has 13 nitrogen and oxygen atoms in total. The normalized spacial score (nSPS) is 18.6. The second kappa shape index (κ2) is 14.7.